The number of hydrogen-bond donors (Lipinski definition) is 2. The van der Waals surface area contributed by atoms with Crippen molar-refractivity contribution in [3.8, 4) is 0 Å². The summed E-state index contributed by atoms with van der Waals surface area (Å²) in [5, 5.41) is 3.00. The molecule has 1 amide bonds. The van der Waals surface area contributed by atoms with Gasteiger partial charge in [-0.25, -0.2) is 0 Å². The molecule has 0 saturated carbocycles. The molecule has 0 aromatic rings. The van der Waals surface area contributed by atoms with Gasteiger partial charge in [-0.3, -0.25) is 4.79 Å². The number of quaternary nitrogens is 1. The molecule has 2 heterocycles. The maximum Gasteiger partial charge on any atom is 0.216 e. The van der Waals surface area contributed by atoms with Gasteiger partial charge in [-0.1, -0.05) is 0 Å². The van der Waals surface area contributed by atoms with E-state index in [1.165, 1.54) is 45.2 Å². The summed E-state index contributed by atoms with van der Waals surface area (Å²) in [6.07, 6.45) is 6.83. The minimum atomic E-state index is 0.123. The van der Waals surface area contributed by atoms with Crippen molar-refractivity contribution in [3.05, 3.63) is 0 Å². The third kappa shape index (κ3) is 2.71. The van der Waals surface area contributed by atoms with Crippen LogP contribution in [0.3, 0.4) is 0 Å². The van der Waals surface area contributed by atoms with E-state index in [-0.39, 0.29) is 5.91 Å². The third-order valence-corrected chi connectivity index (χ3v) is 4.04. The van der Waals surface area contributed by atoms with E-state index in [0.717, 1.165) is 18.5 Å². The summed E-state index contributed by atoms with van der Waals surface area (Å²) in [5.74, 6) is 0.857. The van der Waals surface area contributed by atoms with Gasteiger partial charge in [0.05, 0.1) is 19.1 Å². The zero-order chi connectivity index (χ0) is 10.7. The Kier molecular flexibility index (Phi) is 3.62. The molecule has 0 aliphatic carbocycles. The van der Waals surface area contributed by atoms with Crippen molar-refractivity contribution in [2.75, 3.05) is 19.6 Å². The lowest BCUT2D eigenvalue weighted by Gasteiger charge is -2.41. The normalized spacial score (nSPS) is 35.7. The van der Waals surface area contributed by atoms with E-state index >= 15 is 0 Å². The molecule has 86 valence electrons. The summed E-state index contributed by atoms with van der Waals surface area (Å²) >= 11 is 0. The molecule has 3 heteroatoms. The van der Waals surface area contributed by atoms with Crippen LogP contribution in [0, 0.1) is 5.92 Å². The lowest BCUT2D eigenvalue weighted by molar-refractivity contribution is -0.939. The summed E-state index contributed by atoms with van der Waals surface area (Å²) in [6, 6.07) is 0.833. The first-order valence-electron chi connectivity index (χ1n) is 6.36. The molecule has 2 aliphatic rings. The minimum absolute atomic E-state index is 0.123. The molecule has 3 atom stereocenters. The van der Waals surface area contributed by atoms with E-state index in [0.29, 0.717) is 0 Å². The van der Waals surface area contributed by atoms with Crippen molar-refractivity contribution in [2.24, 2.45) is 5.92 Å². The van der Waals surface area contributed by atoms with Gasteiger partial charge >= 0.3 is 0 Å². The quantitative estimate of drug-likeness (QED) is 0.661. The first kappa shape index (κ1) is 10.9. The highest BCUT2D eigenvalue weighted by Crippen LogP contribution is 2.19. The SMILES string of the molecule is CC(=O)NCC1CCC[NH+]2CCCCC12. The second-order valence-electron chi connectivity index (χ2n) is 5.10. The molecule has 2 rings (SSSR count). The number of carbonyl (C=O) groups excluding carboxylic acids is 1. The Bertz CT molecular complexity index is 228. The summed E-state index contributed by atoms with van der Waals surface area (Å²) in [4.78, 5) is 12.7. The van der Waals surface area contributed by atoms with Crippen molar-refractivity contribution in [3.63, 3.8) is 0 Å². The molecular formula is C12H23N2O+. The fourth-order valence-electron chi connectivity index (χ4n) is 3.30. The van der Waals surface area contributed by atoms with Crippen LogP contribution in [0.25, 0.3) is 0 Å². The first-order chi connectivity index (χ1) is 7.27. The van der Waals surface area contributed by atoms with E-state index < -0.39 is 0 Å². The Morgan fingerprint density at radius 1 is 1.27 bits per heavy atom. The molecule has 15 heavy (non-hydrogen) atoms. The molecule has 0 spiro atoms. The second-order valence-corrected chi connectivity index (χ2v) is 5.10. The van der Waals surface area contributed by atoms with Crippen LogP contribution in [0.15, 0.2) is 0 Å². The van der Waals surface area contributed by atoms with Crippen LogP contribution < -0.4 is 10.2 Å². The van der Waals surface area contributed by atoms with E-state index in [1.807, 2.05) is 4.90 Å². The molecule has 0 radical (unpaired) electrons. The molecule has 3 nitrogen and oxygen atoms in total. The van der Waals surface area contributed by atoms with Crippen molar-refractivity contribution in [2.45, 2.75) is 45.1 Å². The van der Waals surface area contributed by atoms with Crippen LogP contribution in [0.2, 0.25) is 0 Å². The van der Waals surface area contributed by atoms with Gasteiger partial charge in [0, 0.05) is 19.4 Å². The molecule has 2 aliphatic heterocycles. The van der Waals surface area contributed by atoms with Gasteiger partial charge < -0.3 is 10.2 Å². The molecular weight excluding hydrogens is 188 g/mol. The first-order valence-corrected chi connectivity index (χ1v) is 6.36. The lowest BCUT2D eigenvalue weighted by atomic mass is 9.83. The van der Waals surface area contributed by atoms with Crippen LogP contribution in [0.4, 0.5) is 0 Å². The van der Waals surface area contributed by atoms with Crippen molar-refractivity contribution >= 4 is 5.91 Å². The van der Waals surface area contributed by atoms with E-state index in [2.05, 4.69) is 5.32 Å². The Balaban J connectivity index is 1.88. The van der Waals surface area contributed by atoms with E-state index in [1.54, 1.807) is 6.92 Å². The fraction of sp³-hybridized carbons (Fsp3) is 0.917. The van der Waals surface area contributed by atoms with Crippen LogP contribution >= 0.6 is 0 Å². The van der Waals surface area contributed by atoms with Gasteiger partial charge in [-0.2, -0.15) is 0 Å². The second kappa shape index (κ2) is 4.97. The summed E-state index contributed by atoms with van der Waals surface area (Å²) in [5.41, 5.74) is 0. The number of rotatable bonds is 2. The monoisotopic (exact) mass is 211 g/mol. The zero-order valence-corrected chi connectivity index (χ0v) is 9.72. The van der Waals surface area contributed by atoms with Gasteiger partial charge in [-0.15, -0.1) is 0 Å². The van der Waals surface area contributed by atoms with Crippen molar-refractivity contribution in [1.82, 2.24) is 5.32 Å². The zero-order valence-electron chi connectivity index (χ0n) is 9.72. The summed E-state index contributed by atoms with van der Waals surface area (Å²) in [7, 11) is 0. The van der Waals surface area contributed by atoms with Gasteiger partial charge in [0.2, 0.25) is 5.91 Å². The summed E-state index contributed by atoms with van der Waals surface area (Å²) < 4.78 is 0. The molecule has 2 saturated heterocycles. The predicted octanol–water partition coefficient (Wildman–Crippen LogP) is -0.0301. The number of carbonyl (C=O) groups is 1. The number of nitrogens with one attached hydrogen (secondary N) is 2. The van der Waals surface area contributed by atoms with Crippen molar-refractivity contribution < 1.29 is 9.69 Å². The van der Waals surface area contributed by atoms with E-state index in [9.17, 15) is 4.79 Å². The van der Waals surface area contributed by atoms with Gasteiger partial charge in [-0.05, 0) is 32.1 Å². The maximum atomic E-state index is 10.9. The van der Waals surface area contributed by atoms with Crippen molar-refractivity contribution in [1.29, 1.82) is 0 Å². The van der Waals surface area contributed by atoms with Crippen LogP contribution in [0.5, 0.6) is 0 Å². The molecule has 0 aromatic heterocycles. The van der Waals surface area contributed by atoms with Gasteiger partial charge in [0.25, 0.3) is 0 Å². The highest BCUT2D eigenvalue weighted by molar-refractivity contribution is 5.72. The number of fused-ring (bicyclic) bond motifs is 1. The number of hydrogen-bond acceptors (Lipinski definition) is 1. The molecule has 2 fully saturated rings. The van der Waals surface area contributed by atoms with Crippen LogP contribution in [0.1, 0.15) is 39.0 Å². The topological polar surface area (TPSA) is 33.5 Å². The largest absolute Gasteiger partial charge is 0.356 e. The molecule has 3 unspecified atom stereocenters. The third-order valence-electron chi connectivity index (χ3n) is 4.04. The average Bonchev–Trinajstić information content (AvgIpc) is 2.26. The fourth-order valence-corrected chi connectivity index (χ4v) is 3.30. The molecule has 0 bridgehead atoms. The van der Waals surface area contributed by atoms with Crippen LogP contribution in [-0.2, 0) is 4.79 Å². The van der Waals surface area contributed by atoms with Gasteiger partial charge in [0.15, 0.2) is 0 Å². The lowest BCUT2D eigenvalue weighted by Crippen LogP contribution is -3.18. The van der Waals surface area contributed by atoms with E-state index in [4.69, 9.17) is 0 Å². The Labute approximate surface area is 92.2 Å². The predicted molar refractivity (Wildman–Crippen MR) is 59.7 cm³/mol. The Hall–Kier alpha value is -0.570. The number of amides is 1. The molecule has 0 aromatic carbocycles. The highest BCUT2D eigenvalue weighted by Gasteiger charge is 2.36. The van der Waals surface area contributed by atoms with Crippen LogP contribution in [-0.4, -0.2) is 31.6 Å². The standard InChI is InChI=1S/C12H22N2O/c1-10(15)13-9-11-5-4-8-14-7-3-2-6-12(11)14/h11-12H,2-9H2,1H3,(H,13,15)/p+1. The molecule has 2 N–H and O–H groups in total. The Morgan fingerprint density at radius 2 is 2.07 bits per heavy atom. The Morgan fingerprint density at radius 3 is 2.87 bits per heavy atom. The van der Waals surface area contributed by atoms with Gasteiger partial charge in [0.1, 0.15) is 0 Å². The average molecular weight is 211 g/mol. The minimum Gasteiger partial charge on any atom is -0.356 e. The summed E-state index contributed by atoms with van der Waals surface area (Å²) in [6.45, 7) is 5.25. The number of piperidine rings is 2. The smallest absolute Gasteiger partial charge is 0.216 e. The highest BCUT2D eigenvalue weighted by atomic mass is 16.1. The maximum absolute atomic E-state index is 10.9.